The van der Waals surface area contributed by atoms with Crippen LogP contribution < -0.4 is 5.73 Å². The summed E-state index contributed by atoms with van der Waals surface area (Å²) in [5.41, 5.74) is 10.8. The van der Waals surface area contributed by atoms with Gasteiger partial charge in [-0.3, -0.25) is 23.5 Å². The van der Waals surface area contributed by atoms with E-state index in [-0.39, 0.29) is 22.6 Å². The third-order valence-corrected chi connectivity index (χ3v) is 10.8. The monoisotopic (exact) mass is 773 g/mol. The van der Waals surface area contributed by atoms with Gasteiger partial charge in [-0.1, -0.05) is 72.1 Å². The molecule has 2 aromatic heterocycles. The number of aliphatic imine (C=N–C) groups is 1. The molecule has 5 N–H and O–H groups in total. The zero-order valence-electron chi connectivity index (χ0n) is 27.8. The number of halogens is 1. The van der Waals surface area contributed by atoms with Gasteiger partial charge in [0.15, 0.2) is 11.6 Å². The fourth-order valence-corrected chi connectivity index (χ4v) is 7.09. The third kappa shape index (κ3) is 10.4. The first-order valence-electron chi connectivity index (χ1n) is 15.4. The van der Waals surface area contributed by atoms with Gasteiger partial charge in [0.1, 0.15) is 11.5 Å². The van der Waals surface area contributed by atoms with Crippen LogP contribution in [0.4, 0.5) is 0 Å². The molecule has 0 bridgehead atoms. The number of benzene rings is 3. The van der Waals surface area contributed by atoms with E-state index in [4.69, 9.17) is 36.5 Å². The highest BCUT2D eigenvalue weighted by atomic mass is 35.5. The molecule has 0 spiro atoms. The van der Waals surface area contributed by atoms with Crippen molar-refractivity contribution in [2.24, 2.45) is 10.7 Å². The summed E-state index contributed by atoms with van der Waals surface area (Å²) in [7, 11) is -8.04. The first-order chi connectivity index (χ1) is 24.0. The highest BCUT2D eigenvalue weighted by Gasteiger charge is 2.28. The zero-order valence-corrected chi connectivity index (χ0v) is 31.0. The van der Waals surface area contributed by atoms with Crippen LogP contribution in [0.5, 0.6) is 0 Å². The number of thiophene rings is 1. The zero-order chi connectivity index (χ0) is 37.5. The third-order valence-electron chi connectivity index (χ3n) is 7.47. The van der Waals surface area contributed by atoms with E-state index in [0.29, 0.717) is 23.2 Å². The van der Waals surface area contributed by atoms with Crippen molar-refractivity contribution in [1.29, 1.82) is 0 Å². The number of fused-ring (bicyclic) bond motifs is 3. The number of carbonyl (C=O) groups is 1. The van der Waals surface area contributed by atoms with E-state index in [1.165, 1.54) is 29.1 Å². The minimum Gasteiger partial charge on any atom is -0.481 e. The molecule has 1 atom stereocenters. The summed E-state index contributed by atoms with van der Waals surface area (Å²) in [5, 5.41) is 19.2. The Hall–Kier alpha value is -4.29. The summed E-state index contributed by atoms with van der Waals surface area (Å²) in [6.45, 7) is 6.12. The average molecular weight is 774 g/mol. The molecule has 0 radical (unpaired) electrons. The molecule has 1 aliphatic rings. The number of carboxylic acids is 1. The van der Waals surface area contributed by atoms with Gasteiger partial charge in [0.05, 0.1) is 21.5 Å². The molecule has 0 unspecified atom stereocenters. The van der Waals surface area contributed by atoms with Crippen molar-refractivity contribution < 1.29 is 35.8 Å². The molecule has 0 saturated carbocycles. The Bertz CT molecular complexity index is 2180. The van der Waals surface area contributed by atoms with E-state index in [2.05, 4.69) is 23.2 Å². The summed E-state index contributed by atoms with van der Waals surface area (Å²) in [6, 6.07) is 21.2. The van der Waals surface area contributed by atoms with Crippen LogP contribution in [0.1, 0.15) is 64.6 Å². The topological polar surface area (TPSA) is 215 Å². The number of hydrogen-bond acceptors (Lipinski definition) is 10. The molecular weight excluding hydrogens is 738 g/mol. The molecule has 51 heavy (non-hydrogen) atoms. The molecule has 270 valence electrons. The first-order valence-corrected chi connectivity index (χ1v) is 19.5. The number of aryl methyl sites for hydroxylation is 3. The quantitative estimate of drug-likeness (QED) is 0.129. The van der Waals surface area contributed by atoms with E-state index in [1.54, 1.807) is 35.6 Å². The number of nitrogens with two attached hydrogens (primary N) is 1. The van der Waals surface area contributed by atoms with Gasteiger partial charge in [-0.2, -0.15) is 16.8 Å². The Morgan fingerprint density at radius 2 is 1.45 bits per heavy atom. The number of aromatic nitrogens is 3. The Labute approximate surface area is 305 Å². The second-order valence-electron chi connectivity index (χ2n) is 11.4. The molecular formula is C34H36ClN5O8S3. The van der Waals surface area contributed by atoms with Crippen LogP contribution in [0.3, 0.4) is 0 Å². The van der Waals surface area contributed by atoms with E-state index in [1.807, 2.05) is 42.7 Å². The largest absolute Gasteiger partial charge is 0.481 e. The van der Waals surface area contributed by atoms with Crippen molar-refractivity contribution in [3.63, 3.8) is 0 Å². The van der Waals surface area contributed by atoms with Crippen LogP contribution in [0.25, 0.3) is 5.00 Å². The summed E-state index contributed by atoms with van der Waals surface area (Å²) in [5.74, 6) is 0.353. The fourth-order valence-electron chi connectivity index (χ4n) is 4.78. The number of nitrogens with zero attached hydrogens (tertiary/aromatic N) is 4. The molecule has 17 heteroatoms. The van der Waals surface area contributed by atoms with E-state index >= 15 is 0 Å². The maximum atomic E-state index is 11.0. The Morgan fingerprint density at radius 3 is 1.94 bits per heavy atom. The van der Waals surface area contributed by atoms with E-state index < -0.39 is 32.2 Å². The van der Waals surface area contributed by atoms with Gasteiger partial charge in [-0.05, 0) is 63.1 Å². The fraction of sp³-hybridized carbons (Fsp3) is 0.235. The van der Waals surface area contributed by atoms with Crippen molar-refractivity contribution >= 4 is 54.9 Å². The van der Waals surface area contributed by atoms with Gasteiger partial charge in [0, 0.05) is 27.4 Å². The number of rotatable bonds is 8. The average Bonchev–Trinajstić information content (AvgIpc) is 3.66. The summed E-state index contributed by atoms with van der Waals surface area (Å²) < 4.78 is 61.0. The van der Waals surface area contributed by atoms with Gasteiger partial charge >= 0.3 is 5.97 Å². The van der Waals surface area contributed by atoms with Crippen LogP contribution in [0.2, 0.25) is 5.02 Å². The molecule has 0 amide bonds. The maximum Gasteiger partial charge on any atom is 0.303 e. The normalized spacial score (nSPS) is 12.9. The predicted octanol–water partition coefficient (Wildman–Crippen LogP) is 6.24. The lowest BCUT2D eigenvalue weighted by molar-refractivity contribution is -0.137. The Morgan fingerprint density at radius 1 is 0.902 bits per heavy atom. The highest BCUT2D eigenvalue weighted by Crippen LogP contribution is 2.36. The van der Waals surface area contributed by atoms with Crippen LogP contribution in [0.15, 0.2) is 93.6 Å². The molecule has 3 heterocycles. The van der Waals surface area contributed by atoms with Gasteiger partial charge in [-0.25, -0.2) is 0 Å². The van der Waals surface area contributed by atoms with Crippen molar-refractivity contribution in [3.8, 4) is 5.00 Å². The lowest BCUT2D eigenvalue weighted by Gasteiger charge is -2.13. The van der Waals surface area contributed by atoms with Crippen molar-refractivity contribution in [1.82, 2.24) is 14.8 Å². The lowest BCUT2D eigenvalue weighted by atomic mass is 10.0. The number of hydrogen-bond donors (Lipinski definition) is 4. The molecule has 1 aliphatic heterocycles. The minimum atomic E-state index is -4.02. The number of aliphatic carboxylic acids is 1. The molecule has 3 aromatic carbocycles. The van der Waals surface area contributed by atoms with Crippen molar-refractivity contribution in [3.05, 3.63) is 123 Å². The molecule has 0 saturated heterocycles. The van der Waals surface area contributed by atoms with Gasteiger partial charge in [-0.15, -0.1) is 21.5 Å². The second kappa shape index (κ2) is 16.8. The Kier molecular flexibility index (Phi) is 13.0. The molecule has 0 fully saturated rings. The molecule has 0 aliphatic carbocycles. The highest BCUT2D eigenvalue weighted by molar-refractivity contribution is 7.86. The summed E-state index contributed by atoms with van der Waals surface area (Å²) in [4.78, 5) is 16.8. The molecule has 13 nitrogen and oxygen atoms in total. The lowest BCUT2D eigenvalue weighted by Crippen LogP contribution is -2.18. The SMILES string of the molecule is CCc1cc2c(s1)-n1c(nnc1[C@H](N)CCC(=O)O)CN=C2c1ccccc1Cl.Cc1ccc(S(=O)(=O)O)cc1.Cc1ccc(S(=O)(=O)O)cc1. The number of carboxylic acid groups (broad SMARTS) is 1. The van der Waals surface area contributed by atoms with Crippen LogP contribution in [0, 0.1) is 13.8 Å². The van der Waals surface area contributed by atoms with Crippen LogP contribution in [-0.4, -0.2) is 57.5 Å². The second-order valence-corrected chi connectivity index (χ2v) is 15.7. The molecule has 5 aromatic rings. The predicted molar refractivity (Wildman–Crippen MR) is 195 cm³/mol. The van der Waals surface area contributed by atoms with Gasteiger partial charge in [0.25, 0.3) is 20.2 Å². The summed E-state index contributed by atoms with van der Waals surface area (Å²) in [6.07, 6.45) is 1.14. The first kappa shape index (κ1) is 39.5. The van der Waals surface area contributed by atoms with Gasteiger partial charge < -0.3 is 10.8 Å². The standard InChI is InChI=1S/C20H20ClN5O2S.2C7H8O3S/c1-2-11-9-13-18(12-5-3-4-6-14(12)21)23-10-16-24-25-19(26(16)20(13)29-11)15(22)7-8-17(27)28;2*1-6-2-4-7(5-3-6)11(8,9)10/h3-6,9,15H,2,7-8,10,22H2,1H3,(H,27,28);2*2-5H,1H3,(H,8,9,10)/t15-;;/m1../s1. The Balaban J connectivity index is 0.000000216. The van der Waals surface area contributed by atoms with Crippen LogP contribution in [-0.2, 0) is 38.0 Å². The maximum absolute atomic E-state index is 11.0. The van der Waals surface area contributed by atoms with E-state index in [9.17, 15) is 21.6 Å². The van der Waals surface area contributed by atoms with Crippen molar-refractivity contribution in [2.45, 2.75) is 62.4 Å². The summed E-state index contributed by atoms with van der Waals surface area (Å²) >= 11 is 8.11. The van der Waals surface area contributed by atoms with Gasteiger partial charge in [0.2, 0.25) is 0 Å². The van der Waals surface area contributed by atoms with E-state index in [0.717, 1.165) is 39.4 Å². The van der Waals surface area contributed by atoms with Crippen molar-refractivity contribution in [2.75, 3.05) is 0 Å². The smallest absolute Gasteiger partial charge is 0.303 e. The van der Waals surface area contributed by atoms with Crippen LogP contribution >= 0.6 is 22.9 Å². The molecule has 6 rings (SSSR count). The minimum absolute atomic E-state index is 0.0256.